The number of aromatic nitrogens is 1. The number of pyridine rings is 1. The summed E-state index contributed by atoms with van der Waals surface area (Å²) in [4.78, 5) is 6.62. The molecule has 1 aromatic carbocycles. The van der Waals surface area contributed by atoms with Crippen LogP contribution in [-0.4, -0.2) is 19.1 Å². The molecule has 0 fully saturated rings. The normalized spacial score (nSPS) is 10.5. The van der Waals surface area contributed by atoms with Crippen LogP contribution in [0.5, 0.6) is 0 Å². The quantitative estimate of drug-likeness (QED) is 0.890. The number of nitrogens with one attached hydrogen (secondary N) is 1. The van der Waals surface area contributed by atoms with Crippen LogP contribution in [0.1, 0.15) is 16.8 Å². The van der Waals surface area contributed by atoms with Crippen LogP contribution in [0.3, 0.4) is 0 Å². The number of rotatable bonds is 5. The number of benzene rings is 1. The minimum Gasteiger partial charge on any atom is -0.368 e. The number of hydrogen-bond acceptors (Lipinski definition) is 3. The first kappa shape index (κ1) is 13.6. The van der Waals surface area contributed by atoms with Gasteiger partial charge in [0.25, 0.3) is 0 Å². The summed E-state index contributed by atoms with van der Waals surface area (Å²) in [7, 11) is 4.09. The first-order chi connectivity index (χ1) is 9.20. The number of aryl methyl sites for hydroxylation is 1. The molecule has 1 N–H and O–H groups in total. The van der Waals surface area contributed by atoms with Gasteiger partial charge < -0.3 is 10.2 Å². The van der Waals surface area contributed by atoms with Crippen LogP contribution in [0.4, 0.5) is 5.69 Å². The lowest BCUT2D eigenvalue weighted by Gasteiger charge is -2.22. The second-order valence-corrected chi connectivity index (χ2v) is 4.84. The first-order valence-corrected chi connectivity index (χ1v) is 6.56. The summed E-state index contributed by atoms with van der Waals surface area (Å²) in [6.07, 6.45) is 1.84. The Balaban J connectivity index is 2.20. The Bertz CT molecular complexity index is 523. The molecule has 0 aliphatic rings. The molecule has 2 rings (SSSR count). The van der Waals surface area contributed by atoms with Gasteiger partial charge in [0.15, 0.2) is 0 Å². The molecule has 0 saturated heterocycles. The van der Waals surface area contributed by atoms with Crippen molar-refractivity contribution in [2.24, 2.45) is 0 Å². The maximum Gasteiger partial charge on any atom is 0.0598 e. The largest absolute Gasteiger partial charge is 0.368 e. The molecule has 0 aliphatic carbocycles. The third kappa shape index (κ3) is 3.55. The molecular formula is C16H21N3. The van der Waals surface area contributed by atoms with E-state index in [1.165, 1.54) is 16.8 Å². The Morgan fingerprint density at radius 1 is 1.21 bits per heavy atom. The van der Waals surface area contributed by atoms with Gasteiger partial charge in [0.1, 0.15) is 0 Å². The van der Waals surface area contributed by atoms with Gasteiger partial charge in [-0.15, -0.1) is 0 Å². The molecule has 1 aromatic heterocycles. The van der Waals surface area contributed by atoms with Crippen molar-refractivity contribution < 1.29 is 0 Å². The molecule has 0 spiro atoms. The minimum atomic E-state index is 0.820. The highest BCUT2D eigenvalue weighted by Crippen LogP contribution is 2.22. The molecule has 2 aromatic rings. The molecule has 0 amide bonds. The average Bonchev–Trinajstić information content (AvgIpc) is 2.40. The van der Waals surface area contributed by atoms with Gasteiger partial charge in [0.2, 0.25) is 0 Å². The summed E-state index contributed by atoms with van der Waals surface area (Å²) in [5.41, 5.74) is 4.95. The van der Waals surface area contributed by atoms with Crippen LogP contribution in [0.15, 0.2) is 42.6 Å². The SMILES string of the molecule is CNCc1cc(C)ccc1N(C)Cc1ccccn1. The summed E-state index contributed by atoms with van der Waals surface area (Å²) in [6, 6.07) is 12.6. The monoisotopic (exact) mass is 255 g/mol. The van der Waals surface area contributed by atoms with E-state index in [4.69, 9.17) is 0 Å². The topological polar surface area (TPSA) is 28.2 Å². The van der Waals surface area contributed by atoms with Crippen molar-refractivity contribution in [1.82, 2.24) is 10.3 Å². The van der Waals surface area contributed by atoms with E-state index in [0.29, 0.717) is 0 Å². The van der Waals surface area contributed by atoms with E-state index in [1.54, 1.807) is 0 Å². The maximum absolute atomic E-state index is 4.38. The molecule has 0 unspecified atom stereocenters. The van der Waals surface area contributed by atoms with Crippen LogP contribution in [0.2, 0.25) is 0 Å². The minimum absolute atomic E-state index is 0.820. The van der Waals surface area contributed by atoms with Crippen LogP contribution in [0, 0.1) is 6.92 Å². The summed E-state index contributed by atoms with van der Waals surface area (Å²) in [6.45, 7) is 3.83. The van der Waals surface area contributed by atoms with Gasteiger partial charge in [-0.2, -0.15) is 0 Å². The molecule has 1 heterocycles. The number of anilines is 1. The highest BCUT2D eigenvalue weighted by atomic mass is 15.1. The lowest BCUT2D eigenvalue weighted by molar-refractivity contribution is 0.801. The van der Waals surface area contributed by atoms with Gasteiger partial charge in [0, 0.05) is 25.5 Å². The highest BCUT2D eigenvalue weighted by Gasteiger charge is 2.08. The van der Waals surface area contributed by atoms with Gasteiger partial charge in [-0.25, -0.2) is 0 Å². The van der Waals surface area contributed by atoms with Gasteiger partial charge in [-0.3, -0.25) is 4.98 Å². The summed E-state index contributed by atoms with van der Waals surface area (Å²) < 4.78 is 0. The first-order valence-electron chi connectivity index (χ1n) is 6.56. The van der Waals surface area contributed by atoms with Crippen LogP contribution < -0.4 is 10.2 Å². The molecule has 0 radical (unpaired) electrons. The molecule has 100 valence electrons. The van der Waals surface area contributed by atoms with E-state index in [9.17, 15) is 0 Å². The fraction of sp³-hybridized carbons (Fsp3) is 0.312. The van der Waals surface area contributed by atoms with Crippen molar-refractivity contribution in [2.45, 2.75) is 20.0 Å². The van der Waals surface area contributed by atoms with Crippen molar-refractivity contribution >= 4 is 5.69 Å². The zero-order valence-electron chi connectivity index (χ0n) is 11.9. The Hall–Kier alpha value is -1.87. The van der Waals surface area contributed by atoms with Crippen LogP contribution in [0.25, 0.3) is 0 Å². The summed E-state index contributed by atoms with van der Waals surface area (Å²) in [5.74, 6) is 0. The summed E-state index contributed by atoms with van der Waals surface area (Å²) in [5, 5.41) is 3.23. The third-order valence-corrected chi connectivity index (χ3v) is 3.14. The van der Waals surface area contributed by atoms with Gasteiger partial charge in [0.05, 0.1) is 12.2 Å². The Morgan fingerprint density at radius 2 is 2.05 bits per heavy atom. The van der Waals surface area contributed by atoms with E-state index < -0.39 is 0 Å². The standard InChI is InChI=1S/C16H21N3/c1-13-7-8-16(14(10-13)11-17-2)19(3)12-15-6-4-5-9-18-15/h4-10,17H,11-12H2,1-3H3. The van der Waals surface area contributed by atoms with Crippen LogP contribution >= 0.6 is 0 Å². The Kier molecular flexibility index (Phi) is 4.53. The van der Waals surface area contributed by atoms with Crippen molar-refractivity contribution in [1.29, 1.82) is 0 Å². The number of hydrogen-bond donors (Lipinski definition) is 1. The predicted octanol–water partition coefficient (Wildman–Crippen LogP) is 2.75. The second kappa shape index (κ2) is 6.34. The van der Waals surface area contributed by atoms with Crippen molar-refractivity contribution in [3.8, 4) is 0 Å². The fourth-order valence-electron chi connectivity index (χ4n) is 2.24. The molecule has 3 nitrogen and oxygen atoms in total. The van der Waals surface area contributed by atoms with Crippen molar-refractivity contribution in [2.75, 3.05) is 19.0 Å². The van der Waals surface area contributed by atoms with Gasteiger partial charge in [-0.05, 0) is 37.7 Å². The third-order valence-electron chi connectivity index (χ3n) is 3.14. The predicted molar refractivity (Wildman–Crippen MR) is 80.3 cm³/mol. The average molecular weight is 255 g/mol. The van der Waals surface area contributed by atoms with Crippen LogP contribution in [-0.2, 0) is 13.1 Å². The van der Waals surface area contributed by atoms with Gasteiger partial charge in [-0.1, -0.05) is 23.8 Å². The molecule has 0 saturated carbocycles. The van der Waals surface area contributed by atoms with E-state index in [2.05, 4.69) is 53.4 Å². The zero-order chi connectivity index (χ0) is 13.7. The van der Waals surface area contributed by atoms with Crippen molar-refractivity contribution in [3.63, 3.8) is 0 Å². The lowest BCUT2D eigenvalue weighted by Crippen LogP contribution is -2.20. The molecule has 3 heteroatoms. The molecule has 0 atom stereocenters. The summed E-state index contributed by atoms with van der Waals surface area (Å²) >= 11 is 0. The van der Waals surface area contributed by atoms with Crippen molar-refractivity contribution in [3.05, 3.63) is 59.4 Å². The zero-order valence-corrected chi connectivity index (χ0v) is 11.9. The smallest absolute Gasteiger partial charge is 0.0598 e. The molecular weight excluding hydrogens is 234 g/mol. The Morgan fingerprint density at radius 3 is 2.74 bits per heavy atom. The van der Waals surface area contributed by atoms with E-state index in [-0.39, 0.29) is 0 Å². The van der Waals surface area contributed by atoms with E-state index >= 15 is 0 Å². The fourth-order valence-corrected chi connectivity index (χ4v) is 2.24. The molecule has 0 bridgehead atoms. The highest BCUT2D eigenvalue weighted by molar-refractivity contribution is 5.54. The Labute approximate surface area is 115 Å². The van der Waals surface area contributed by atoms with E-state index in [0.717, 1.165) is 18.8 Å². The maximum atomic E-state index is 4.38. The lowest BCUT2D eigenvalue weighted by atomic mass is 10.1. The second-order valence-electron chi connectivity index (χ2n) is 4.84. The molecule has 0 aliphatic heterocycles. The van der Waals surface area contributed by atoms with E-state index in [1.807, 2.05) is 25.4 Å². The molecule has 19 heavy (non-hydrogen) atoms. The number of nitrogens with zero attached hydrogens (tertiary/aromatic N) is 2. The van der Waals surface area contributed by atoms with Gasteiger partial charge >= 0.3 is 0 Å².